The SMILES string of the molecule is CC(C)N(CCC(=O)O)C(=O)NCCc1cscn1. The molecule has 2 amide bonds. The van der Waals surface area contributed by atoms with E-state index in [4.69, 9.17) is 5.11 Å². The van der Waals surface area contributed by atoms with Crippen molar-refractivity contribution in [3.63, 3.8) is 0 Å². The van der Waals surface area contributed by atoms with Gasteiger partial charge in [0.2, 0.25) is 0 Å². The molecule has 1 aromatic rings. The van der Waals surface area contributed by atoms with Crippen molar-refractivity contribution >= 4 is 23.3 Å². The molecule has 0 aromatic carbocycles. The van der Waals surface area contributed by atoms with E-state index in [0.717, 1.165) is 5.69 Å². The number of rotatable bonds is 7. The maximum absolute atomic E-state index is 11.9. The summed E-state index contributed by atoms with van der Waals surface area (Å²) >= 11 is 1.52. The van der Waals surface area contributed by atoms with Crippen LogP contribution >= 0.6 is 11.3 Å². The molecular weight excluding hydrogens is 266 g/mol. The zero-order valence-corrected chi connectivity index (χ0v) is 11.9. The van der Waals surface area contributed by atoms with Crippen molar-refractivity contribution in [1.29, 1.82) is 0 Å². The van der Waals surface area contributed by atoms with Gasteiger partial charge in [-0.15, -0.1) is 11.3 Å². The van der Waals surface area contributed by atoms with E-state index < -0.39 is 5.97 Å². The van der Waals surface area contributed by atoms with Gasteiger partial charge >= 0.3 is 12.0 Å². The molecule has 0 aliphatic rings. The summed E-state index contributed by atoms with van der Waals surface area (Å²) in [5, 5.41) is 13.4. The van der Waals surface area contributed by atoms with E-state index in [1.807, 2.05) is 19.2 Å². The second-order valence-electron chi connectivity index (χ2n) is 4.39. The van der Waals surface area contributed by atoms with Crippen LogP contribution < -0.4 is 5.32 Å². The Morgan fingerprint density at radius 1 is 1.53 bits per heavy atom. The number of hydrogen-bond donors (Lipinski definition) is 2. The molecule has 1 rings (SSSR count). The van der Waals surface area contributed by atoms with Gasteiger partial charge in [-0.2, -0.15) is 0 Å². The van der Waals surface area contributed by atoms with Gasteiger partial charge in [0, 0.05) is 30.9 Å². The Bertz CT molecular complexity index is 406. The molecule has 0 fully saturated rings. The molecule has 1 aromatic heterocycles. The van der Waals surface area contributed by atoms with Crippen molar-refractivity contribution in [3.8, 4) is 0 Å². The van der Waals surface area contributed by atoms with E-state index in [2.05, 4.69) is 10.3 Å². The van der Waals surface area contributed by atoms with E-state index in [1.54, 1.807) is 5.51 Å². The third-order valence-electron chi connectivity index (χ3n) is 2.59. The number of thiazole rings is 1. The number of amides is 2. The average molecular weight is 285 g/mol. The first-order valence-electron chi connectivity index (χ1n) is 6.14. The van der Waals surface area contributed by atoms with Gasteiger partial charge in [-0.1, -0.05) is 0 Å². The minimum absolute atomic E-state index is 0.0291. The maximum Gasteiger partial charge on any atom is 0.317 e. The van der Waals surface area contributed by atoms with Gasteiger partial charge in [0.25, 0.3) is 0 Å². The lowest BCUT2D eigenvalue weighted by Crippen LogP contribution is -2.45. The molecule has 0 spiro atoms. The molecule has 0 saturated heterocycles. The van der Waals surface area contributed by atoms with Crippen LogP contribution in [0.1, 0.15) is 26.0 Å². The number of carboxylic acids is 1. The highest BCUT2D eigenvalue weighted by atomic mass is 32.1. The molecule has 7 heteroatoms. The number of carbonyl (C=O) groups excluding carboxylic acids is 1. The van der Waals surface area contributed by atoms with Crippen LogP contribution in [0, 0.1) is 0 Å². The van der Waals surface area contributed by atoms with Gasteiger partial charge in [0.15, 0.2) is 0 Å². The Morgan fingerprint density at radius 3 is 2.79 bits per heavy atom. The van der Waals surface area contributed by atoms with Crippen molar-refractivity contribution in [3.05, 3.63) is 16.6 Å². The van der Waals surface area contributed by atoms with Crippen LogP contribution in [0.5, 0.6) is 0 Å². The van der Waals surface area contributed by atoms with Gasteiger partial charge in [-0.3, -0.25) is 4.79 Å². The van der Waals surface area contributed by atoms with E-state index >= 15 is 0 Å². The van der Waals surface area contributed by atoms with Crippen LogP contribution in [-0.4, -0.2) is 46.1 Å². The molecule has 0 bridgehead atoms. The number of carbonyl (C=O) groups is 2. The summed E-state index contributed by atoms with van der Waals surface area (Å²) in [6, 6.07) is -0.259. The summed E-state index contributed by atoms with van der Waals surface area (Å²) in [5.74, 6) is -0.902. The second kappa shape index (κ2) is 7.73. The summed E-state index contributed by atoms with van der Waals surface area (Å²) in [7, 11) is 0. The van der Waals surface area contributed by atoms with Gasteiger partial charge < -0.3 is 15.3 Å². The monoisotopic (exact) mass is 285 g/mol. The third-order valence-corrected chi connectivity index (χ3v) is 3.23. The van der Waals surface area contributed by atoms with Crippen LogP contribution in [0.3, 0.4) is 0 Å². The number of aromatic nitrogens is 1. The second-order valence-corrected chi connectivity index (χ2v) is 5.11. The predicted molar refractivity (Wildman–Crippen MR) is 73.3 cm³/mol. The molecule has 0 radical (unpaired) electrons. The molecule has 0 aliphatic heterocycles. The van der Waals surface area contributed by atoms with E-state index in [9.17, 15) is 9.59 Å². The first-order valence-corrected chi connectivity index (χ1v) is 7.08. The van der Waals surface area contributed by atoms with Crippen molar-refractivity contribution in [2.75, 3.05) is 13.1 Å². The molecule has 106 valence electrons. The summed E-state index contributed by atoms with van der Waals surface area (Å²) < 4.78 is 0. The number of hydrogen-bond acceptors (Lipinski definition) is 4. The highest BCUT2D eigenvalue weighted by Crippen LogP contribution is 2.03. The molecular formula is C12H19N3O3S. The van der Waals surface area contributed by atoms with Crippen LogP contribution in [0.15, 0.2) is 10.9 Å². The Kier molecular flexibility index (Phi) is 6.27. The number of aliphatic carboxylic acids is 1. The third kappa shape index (κ3) is 5.69. The van der Waals surface area contributed by atoms with Gasteiger partial charge in [-0.05, 0) is 13.8 Å². The topological polar surface area (TPSA) is 82.5 Å². The predicted octanol–water partition coefficient (Wildman–Crippen LogP) is 1.58. The lowest BCUT2D eigenvalue weighted by molar-refractivity contribution is -0.137. The fourth-order valence-electron chi connectivity index (χ4n) is 1.57. The quantitative estimate of drug-likeness (QED) is 0.797. The summed E-state index contributed by atoms with van der Waals surface area (Å²) in [5.41, 5.74) is 2.71. The molecule has 0 unspecified atom stereocenters. The molecule has 19 heavy (non-hydrogen) atoms. The molecule has 1 heterocycles. The fraction of sp³-hybridized carbons (Fsp3) is 0.583. The number of nitrogens with zero attached hydrogens (tertiary/aromatic N) is 2. The summed E-state index contributed by atoms with van der Waals surface area (Å²) in [6.45, 7) is 4.44. The largest absolute Gasteiger partial charge is 0.481 e. The lowest BCUT2D eigenvalue weighted by Gasteiger charge is -2.26. The number of nitrogens with one attached hydrogen (secondary N) is 1. The van der Waals surface area contributed by atoms with Crippen molar-refractivity contribution in [2.45, 2.75) is 32.7 Å². The minimum Gasteiger partial charge on any atom is -0.481 e. The standard InChI is InChI=1S/C12H19N3O3S/c1-9(2)15(6-4-11(16)17)12(18)13-5-3-10-7-19-8-14-10/h7-9H,3-6H2,1-2H3,(H,13,18)(H,16,17). The van der Waals surface area contributed by atoms with Crippen LogP contribution in [-0.2, 0) is 11.2 Å². The first-order chi connectivity index (χ1) is 9.00. The van der Waals surface area contributed by atoms with E-state index in [-0.39, 0.29) is 25.0 Å². The van der Waals surface area contributed by atoms with Crippen molar-refractivity contribution < 1.29 is 14.7 Å². The smallest absolute Gasteiger partial charge is 0.317 e. The highest BCUT2D eigenvalue weighted by Gasteiger charge is 2.17. The van der Waals surface area contributed by atoms with Crippen LogP contribution in [0.25, 0.3) is 0 Å². The highest BCUT2D eigenvalue weighted by molar-refractivity contribution is 7.07. The minimum atomic E-state index is -0.902. The number of carboxylic acid groups (broad SMARTS) is 1. The Labute approximate surface area is 116 Å². The average Bonchev–Trinajstić information content (AvgIpc) is 2.81. The Morgan fingerprint density at radius 2 is 2.26 bits per heavy atom. The molecule has 2 N–H and O–H groups in total. The Hall–Kier alpha value is -1.63. The molecule has 0 aliphatic carbocycles. The van der Waals surface area contributed by atoms with Crippen molar-refractivity contribution in [1.82, 2.24) is 15.2 Å². The zero-order valence-electron chi connectivity index (χ0n) is 11.1. The molecule has 6 nitrogen and oxygen atoms in total. The number of urea groups is 1. The lowest BCUT2D eigenvalue weighted by atomic mass is 10.3. The normalized spacial score (nSPS) is 10.5. The van der Waals surface area contributed by atoms with Gasteiger partial charge in [0.1, 0.15) is 0 Å². The first kappa shape index (κ1) is 15.4. The Balaban J connectivity index is 2.36. The van der Waals surface area contributed by atoms with Crippen LogP contribution in [0.4, 0.5) is 4.79 Å². The maximum atomic E-state index is 11.9. The molecule has 0 saturated carbocycles. The van der Waals surface area contributed by atoms with Crippen molar-refractivity contribution in [2.24, 2.45) is 0 Å². The van der Waals surface area contributed by atoms with Gasteiger partial charge in [0.05, 0.1) is 17.6 Å². The van der Waals surface area contributed by atoms with Gasteiger partial charge in [-0.25, -0.2) is 9.78 Å². The summed E-state index contributed by atoms with van der Waals surface area (Å²) in [6.07, 6.45) is 0.637. The zero-order chi connectivity index (χ0) is 14.3. The van der Waals surface area contributed by atoms with E-state index in [1.165, 1.54) is 16.2 Å². The molecule has 0 atom stereocenters. The van der Waals surface area contributed by atoms with E-state index in [0.29, 0.717) is 13.0 Å². The summed E-state index contributed by atoms with van der Waals surface area (Å²) in [4.78, 5) is 28.1. The van der Waals surface area contributed by atoms with Crippen LogP contribution in [0.2, 0.25) is 0 Å². The fourth-order valence-corrected chi connectivity index (χ4v) is 2.16.